The molecular weight excluding hydrogens is 248 g/mol. The standard InChI is InChI=1S/C18H28O2/c1-17-15-13-11-9-7-5-3-2-4-6-8-10-12-14-16-18(19)20-17/h2-3,6-9,17H,4-5,10-16H2,1H3/b3-2-,8-6-,9-7-. The van der Waals surface area contributed by atoms with Crippen LogP contribution in [0.1, 0.15) is 64.7 Å². The maximum absolute atomic E-state index is 11.6. The van der Waals surface area contributed by atoms with E-state index in [1.807, 2.05) is 6.92 Å². The van der Waals surface area contributed by atoms with Crippen LogP contribution in [0.5, 0.6) is 0 Å². The molecule has 1 atom stereocenters. The summed E-state index contributed by atoms with van der Waals surface area (Å²) in [5, 5.41) is 0. The lowest BCUT2D eigenvalue weighted by Crippen LogP contribution is -2.14. The fourth-order valence-corrected chi connectivity index (χ4v) is 2.17. The molecule has 0 aliphatic carbocycles. The predicted octanol–water partition coefficient (Wildman–Crippen LogP) is 5.11. The molecule has 1 aliphatic rings. The summed E-state index contributed by atoms with van der Waals surface area (Å²) in [6, 6.07) is 0. The molecule has 0 saturated heterocycles. The van der Waals surface area contributed by atoms with Gasteiger partial charge in [-0.15, -0.1) is 0 Å². The molecule has 0 spiro atoms. The lowest BCUT2D eigenvalue weighted by Gasteiger charge is -2.12. The first-order valence-corrected chi connectivity index (χ1v) is 7.93. The Bertz CT molecular complexity index is 339. The van der Waals surface area contributed by atoms with Crippen LogP contribution in [0.25, 0.3) is 0 Å². The summed E-state index contributed by atoms with van der Waals surface area (Å²) in [4.78, 5) is 11.6. The number of esters is 1. The van der Waals surface area contributed by atoms with Crippen LogP contribution in [-0.4, -0.2) is 12.1 Å². The van der Waals surface area contributed by atoms with Crippen LogP contribution in [0.3, 0.4) is 0 Å². The zero-order valence-corrected chi connectivity index (χ0v) is 12.7. The van der Waals surface area contributed by atoms with Gasteiger partial charge in [-0.3, -0.25) is 4.79 Å². The molecule has 2 heteroatoms. The Morgan fingerprint density at radius 3 is 2.20 bits per heavy atom. The second-order valence-electron chi connectivity index (χ2n) is 5.36. The summed E-state index contributed by atoms with van der Waals surface area (Å²) < 4.78 is 5.40. The van der Waals surface area contributed by atoms with Crippen LogP contribution in [-0.2, 0) is 9.53 Å². The predicted molar refractivity (Wildman–Crippen MR) is 84.5 cm³/mol. The number of hydrogen-bond acceptors (Lipinski definition) is 2. The molecule has 1 unspecified atom stereocenters. The monoisotopic (exact) mass is 276 g/mol. The first kappa shape index (κ1) is 16.7. The van der Waals surface area contributed by atoms with Crippen molar-refractivity contribution in [3.63, 3.8) is 0 Å². The number of ether oxygens (including phenoxy) is 1. The average molecular weight is 276 g/mol. The second kappa shape index (κ2) is 11.5. The third kappa shape index (κ3) is 9.60. The van der Waals surface area contributed by atoms with E-state index in [1.165, 1.54) is 0 Å². The van der Waals surface area contributed by atoms with Crippen molar-refractivity contribution in [2.24, 2.45) is 0 Å². The largest absolute Gasteiger partial charge is 0.463 e. The molecule has 0 fully saturated rings. The molecular formula is C18H28O2. The Labute approximate surface area is 123 Å². The highest BCUT2D eigenvalue weighted by atomic mass is 16.5. The van der Waals surface area contributed by atoms with Gasteiger partial charge in [-0.25, -0.2) is 0 Å². The number of hydrogen-bond donors (Lipinski definition) is 0. The zero-order valence-electron chi connectivity index (χ0n) is 12.7. The quantitative estimate of drug-likeness (QED) is 0.454. The molecule has 0 aromatic carbocycles. The average Bonchev–Trinajstić information content (AvgIpc) is 2.42. The number of carbonyl (C=O) groups is 1. The minimum atomic E-state index is -0.0407. The minimum Gasteiger partial charge on any atom is -0.463 e. The minimum absolute atomic E-state index is 0.0407. The van der Waals surface area contributed by atoms with Crippen molar-refractivity contribution in [1.29, 1.82) is 0 Å². The highest BCUT2D eigenvalue weighted by molar-refractivity contribution is 5.69. The first-order valence-electron chi connectivity index (χ1n) is 7.93. The SMILES string of the molecule is CC1CCC/C=C\C/C=C\C/C=C\CCCCC(=O)O1. The lowest BCUT2D eigenvalue weighted by molar-refractivity contribution is -0.148. The highest BCUT2D eigenvalue weighted by Gasteiger charge is 2.08. The lowest BCUT2D eigenvalue weighted by atomic mass is 10.1. The van der Waals surface area contributed by atoms with Gasteiger partial charge in [-0.2, -0.15) is 0 Å². The molecule has 0 aromatic heterocycles. The summed E-state index contributed by atoms with van der Waals surface area (Å²) in [5.74, 6) is -0.0407. The molecule has 20 heavy (non-hydrogen) atoms. The molecule has 0 amide bonds. The normalized spacial score (nSPS) is 28.6. The van der Waals surface area contributed by atoms with Crippen molar-refractivity contribution in [2.75, 3.05) is 0 Å². The van der Waals surface area contributed by atoms with Crippen LogP contribution in [0.15, 0.2) is 36.5 Å². The van der Waals surface area contributed by atoms with E-state index in [4.69, 9.17) is 4.74 Å². The van der Waals surface area contributed by atoms with Crippen LogP contribution in [0.4, 0.5) is 0 Å². The zero-order chi connectivity index (χ0) is 14.5. The van der Waals surface area contributed by atoms with Crippen molar-refractivity contribution in [2.45, 2.75) is 70.8 Å². The molecule has 1 rings (SSSR count). The molecule has 1 heterocycles. The van der Waals surface area contributed by atoms with Crippen LogP contribution < -0.4 is 0 Å². The molecule has 0 bridgehead atoms. The van der Waals surface area contributed by atoms with Gasteiger partial charge < -0.3 is 4.74 Å². The molecule has 1 aliphatic heterocycles. The van der Waals surface area contributed by atoms with Crippen LogP contribution >= 0.6 is 0 Å². The van der Waals surface area contributed by atoms with E-state index in [1.54, 1.807) is 0 Å². The Kier molecular flexibility index (Phi) is 9.64. The summed E-state index contributed by atoms with van der Waals surface area (Å²) in [5.41, 5.74) is 0. The molecule has 0 saturated carbocycles. The molecule has 0 aromatic rings. The molecule has 0 radical (unpaired) electrons. The Morgan fingerprint density at radius 1 is 0.900 bits per heavy atom. The summed E-state index contributed by atoms with van der Waals surface area (Å²) in [6.45, 7) is 1.99. The van der Waals surface area contributed by atoms with Gasteiger partial charge in [0.25, 0.3) is 0 Å². The number of allylic oxidation sites excluding steroid dienone is 6. The number of cyclic esters (lactones) is 1. The Balaban J connectivity index is 2.38. The Hall–Kier alpha value is -1.31. The third-order valence-electron chi connectivity index (χ3n) is 3.36. The van der Waals surface area contributed by atoms with E-state index in [-0.39, 0.29) is 12.1 Å². The maximum atomic E-state index is 11.6. The van der Waals surface area contributed by atoms with Crippen LogP contribution in [0.2, 0.25) is 0 Å². The van der Waals surface area contributed by atoms with Crippen molar-refractivity contribution < 1.29 is 9.53 Å². The van der Waals surface area contributed by atoms with Crippen LogP contribution in [0, 0.1) is 0 Å². The number of rotatable bonds is 0. The molecule has 112 valence electrons. The van der Waals surface area contributed by atoms with E-state index in [0.29, 0.717) is 6.42 Å². The Morgan fingerprint density at radius 2 is 1.50 bits per heavy atom. The van der Waals surface area contributed by atoms with E-state index < -0.39 is 0 Å². The summed E-state index contributed by atoms with van der Waals surface area (Å²) >= 11 is 0. The van der Waals surface area contributed by atoms with Crippen molar-refractivity contribution in [3.05, 3.63) is 36.5 Å². The van der Waals surface area contributed by atoms with Gasteiger partial charge in [-0.1, -0.05) is 36.5 Å². The van der Waals surface area contributed by atoms with E-state index >= 15 is 0 Å². The van der Waals surface area contributed by atoms with Gasteiger partial charge in [0.2, 0.25) is 0 Å². The molecule has 0 N–H and O–H groups in total. The van der Waals surface area contributed by atoms with Gasteiger partial charge in [0.15, 0.2) is 0 Å². The maximum Gasteiger partial charge on any atom is 0.306 e. The fourth-order valence-electron chi connectivity index (χ4n) is 2.17. The van der Waals surface area contributed by atoms with Gasteiger partial charge >= 0.3 is 5.97 Å². The topological polar surface area (TPSA) is 26.3 Å². The summed E-state index contributed by atoms with van der Waals surface area (Å²) in [6.07, 6.45) is 22.0. The van der Waals surface area contributed by atoms with Gasteiger partial charge in [0.05, 0.1) is 6.10 Å². The van der Waals surface area contributed by atoms with Crippen molar-refractivity contribution >= 4 is 5.97 Å². The van der Waals surface area contributed by atoms with E-state index in [9.17, 15) is 4.79 Å². The summed E-state index contributed by atoms with van der Waals surface area (Å²) in [7, 11) is 0. The second-order valence-corrected chi connectivity index (χ2v) is 5.36. The van der Waals surface area contributed by atoms with Crippen molar-refractivity contribution in [1.82, 2.24) is 0 Å². The molecule has 2 nitrogen and oxygen atoms in total. The van der Waals surface area contributed by atoms with E-state index in [2.05, 4.69) is 36.5 Å². The van der Waals surface area contributed by atoms with Gasteiger partial charge in [0, 0.05) is 6.42 Å². The van der Waals surface area contributed by atoms with Gasteiger partial charge in [-0.05, 0) is 58.3 Å². The van der Waals surface area contributed by atoms with E-state index in [0.717, 1.165) is 51.4 Å². The fraction of sp³-hybridized carbons (Fsp3) is 0.611. The first-order chi connectivity index (χ1) is 9.79. The number of carbonyl (C=O) groups excluding carboxylic acids is 1. The van der Waals surface area contributed by atoms with Crippen molar-refractivity contribution in [3.8, 4) is 0 Å². The highest BCUT2D eigenvalue weighted by Crippen LogP contribution is 2.09. The van der Waals surface area contributed by atoms with Gasteiger partial charge in [0.1, 0.15) is 0 Å². The smallest absolute Gasteiger partial charge is 0.306 e. The third-order valence-corrected chi connectivity index (χ3v) is 3.36.